The lowest BCUT2D eigenvalue weighted by atomic mass is 10.0. The predicted molar refractivity (Wildman–Crippen MR) is 136 cm³/mol. The minimum absolute atomic E-state index is 0.106. The molecule has 3 heterocycles. The molecule has 2 atom stereocenters. The van der Waals surface area contributed by atoms with Gasteiger partial charge >= 0.3 is 6.18 Å². The number of anilines is 1. The number of halogens is 7. The maximum atomic E-state index is 15.1. The normalized spacial score (nSPS) is 17.3. The number of nitrogens with one attached hydrogen (secondary N) is 1. The van der Waals surface area contributed by atoms with Gasteiger partial charge in [-0.25, -0.2) is 22.7 Å². The third-order valence-corrected chi connectivity index (χ3v) is 7.07. The van der Waals surface area contributed by atoms with Gasteiger partial charge in [0.15, 0.2) is 5.82 Å². The highest BCUT2D eigenvalue weighted by molar-refractivity contribution is 6.33. The van der Waals surface area contributed by atoms with E-state index in [1.807, 2.05) is 0 Å². The van der Waals surface area contributed by atoms with Crippen LogP contribution in [0.25, 0.3) is 16.8 Å². The molecule has 15 heteroatoms. The van der Waals surface area contributed by atoms with Crippen LogP contribution in [0, 0.1) is 18.6 Å². The van der Waals surface area contributed by atoms with Crippen molar-refractivity contribution in [2.24, 2.45) is 0 Å². The Morgan fingerprint density at radius 1 is 1.12 bits per heavy atom. The van der Waals surface area contributed by atoms with Crippen LogP contribution in [-0.2, 0) is 6.18 Å². The van der Waals surface area contributed by atoms with Crippen molar-refractivity contribution in [1.82, 2.24) is 24.8 Å². The molecular formula is C26H19ClF6N6O2. The zero-order chi connectivity index (χ0) is 29.8. The van der Waals surface area contributed by atoms with E-state index in [9.17, 15) is 31.5 Å². The largest absolute Gasteiger partial charge is 0.418 e. The third kappa shape index (κ3) is 5.03. The van der Waals surface area contributed by atoms with Crippen LogP contribution < -0.4 is 11.1 Å². The van der Waals surface area contributed by atoms with E-state index in [-0.39, 0.29) is 28.4 Å². The highest BCUT2D eigenvalue weighted by atomic mass is 35.5. The molecule has 2 aromatic carbocycles. The lowest BCUT2D eigenvalue weighted by molar-refractivity contribution is -0.136. The van der Waals surface area contributed by atoms with E-state index in [0.29, 0.717) is 6.07 Å². The summed E-state index contributed by atoms with van der Waals surface area (Å²) in [5.74, 6) is -4.07. The van der Waals surface area contributed by atoms with Crippen molar-refractivity contribution in [2.75, 3.05) is 18.8 Å². The molecule has 0 aliphatic carbocycles. The number of nitrogen functional groups attached to an aromatic ring is 1. The molecule has 5 rings (SSSR count). The van der Waals surface area contributed by atoms with Crippen LogP contribution in [0.4, 0.5) is 32.2 Å². The van der Waals surface area contributed by atoms with Crippen LogP contribution in [0.2, 0.25) is 5.02 Å². The molecule has 0 spiro atoms. The Kier molecular flexibility index (Phi) is 7.05. The molecule has 8 nitrogen and oxygen atoms in total. The minimum atomic E-state index is -4.88. The van der Waals surface area contributed by atoms with Crippen LogP contribution in [0.5, 0.6) is 0 Å². The summed E-state index contributed by atoms with van der Waals surface area (Å²) in [6.45, 7) is 0.606. The standard InChI is InChI=1S/C26H19ClF6N6O2/c1-11-5-17(29)13(20-7-14(26(31,32)33)22-23(34)35-10-36-39(20)22)6-12(11)24(40)37-19-9-38(8-18(19)30)25(41)21-15(27)3-2-4-16(21)28/h2-7,10,18-19H,8-9H2,1H3,(H,37,40)(H2,34,35,36)/t18-,19+/m0/s1. The molecule has 3 N–H and O–H groups in total. The molecule has 1 fully saturated rings. The number of rotatable bonds is 4. The van der Waals surface area contributed by atoms with Crippen molar-refractivity contribution in [3.8, 4) is 11.3 Å². The minimum Gasteiger partial charge on any atom is -0.382 e. The Bertz CT molecular complexity index is 1690. The fraction of sp³-hybridized carbons (Fsp3) is 0.231. The van der Waals surface area contributed by atoms with Crippen molar-refractivity contribution in [3.05, 3.63) is 81.6 Å². The lowest BCUT2D eigenvalue weighted by Gasteiger charge is -2.18. The fourth-order valence-corrected chi connectivity index (χ4v) is 5.01. The smallest absolute Gasteiger partial charge is 0.382 e. The number of benzene rings is 2. The van der Waals surface area contributed by atoms with Crippen molar-refractivity contribution in [2.45, 2.75) is 25.3 Å². The molecule has 1 saturated heterocycles. The number of carbonyl (C=O) groups excluding carboxylic acids is 2. The van der Waals surface area contributed by atoms with Crippen molar-refractivity contribution in [1.29, 1.82) is 0 Å². The van der Waals surface area contributed by atoms with E-state index in [1.165, 1.54) is 19.1 Å². The number of nitrogens with zero attached hydrogens (tertiary/aromatic N) is 4. The van der Waals surface area contributed by atoms with Gasteiger partial charge in [-0.15, -0.1) is 0 Å². The Morgan fingerprint density at radius 2 is 1.85 bits per heavy atom. The number of aromatic nitrogens is 3. The quantitative estimate of drug-likeness (QED) is 0.328. The highest BCUT2D eigenvalue weighted by Gasteiger charge is 2.39. The summed E-state index contributed by atoms with van der Waals surface area (Å²) in [5, 5.41) is 6.06. The first-order valence-corrected chi connectivity index (χ1v) is 12.3. The highest BCUT2D eigenvalue weighted by Crippen LogP contribution is 2.39. The average Bonchev–Trinajstić information content (AvgIpc) is 3.45. The first-order valence-electron chi connectivity index (χ1n) is 12.0. The molecule has 4 aromatic rings. The summed E-state index contributed by atoms with van der Waals surface area (Å²) < 4.78 is 86.2. The zero-order valence-electron chi connectivity index (χ0n) is 20.9. The molecule has 0 radical (unpaired) electrons. The predicted octanol–water partition coefficient (Wildman–Crippen LogP) is 4.83. The van der Waals surface area contributed by atoms with Gasteiger partial charge in [-0.1, -0.05) is 17.7 Å². The van der Waals surface area contributed by atoms with Gasteiger partial charge in [0.2, 0.25) is 0 Å². The Hall–Kier alpha value is -4.33. The molecule has 2 amide bonds. The first kappa shape index (κ1) is 28.2. The molecule has 0 bridgehead atoms. The molecule has 1 aliphatic rings. The Labute approximate surface area is 232 Å². The van der Waals surface area contributed by atoms with Crippen LogP contribution in [0.3, 0.4) is 0 Å². The maximum absolute atomic E-state index is 15.1. The summed E-state index contributed by atoms with van der Waals surface area (Å²) in [6.07, 6.45) is -5.72. The van der Waals surface area contributed by atoms with Gasteiger partial charge in [0.25, 0.3) is 11.8 Å². The third-order valence-electron chi connectivity index (χ3n) is 6.75. The number of hydrogen-bond donors (Lipinski definition) is 2. The lowest BCUT2D eigenvalue weighted by Crippen LogP contribution is -2.42. The molecule has 0 saturated carbocycles. The molecule has 214 valence electrons. The Balaban J connectivity index is 1.45. The molecule has 0 unspecified atom stereocenters. The molecule has 2 aromatic heterocycles. The van der Waals surface area contributed by atoms with E-state index >= 15 is 4.39 Å². The van der Waals surface area contributed by atoms with E-state index in [1.54, 1.807) is 0 Å². The first-order chi connectivity index (χ1) is 19.3. The SMILES string of the molecule is Cc1cc(F)c(-c2cc(C(F)(F)F)c3c(N)ncnn23)cc1C(=O)N[C@@H]1CN(C(=O)c2c(F)cccc2Cl)C[C@@H]1F. The van der Waals surface area contributed by atoms with Crippen LogP contribution in [0.1, 0.15) is 31.8 Å². The van der Waals surface area contributed by atoms with Crippen LogP contribution in [0.15, 0.2) is 42.7 Å². The van der Waals surface area contributed by atoms with Gasteiger partial charge in [0.1, 0.15) is 29.7 Å². The summed E-state index contributed by atoms with van der Waals surface area (Å²) in [6, 6.07) is 5.03. The fourth-order valence-electron chi connectivity index (χ4n) is 4.76. The second kappa shape index (κ2) is 10.3. The number of amides is 2. The van der Waals surface area contributed by atoms with Crippen molar-refractivity contribution < 1.29 is 35.9 Å². The van der Waals surface area contributed by atoms with E-state index in [4.69, 9.17) is 17.3 Å². The van der Waals surface area contributed by atoms with Crippen LogP contribution in [-0.4, -0.2) is 56.6 Å². The van der Waals surface area contributed by atoms with Gasteiger partial charge in [0.05, 0.1) is 34.4 Å². The van der Waals surface area contributed by atoms with Gasteiger partial charge in [-0.05, 0) is 42.8 Å². The van der Waals surface area contributed by atoms with Gasteiger partial charge in [0, 0.05) is 17.7 Å². The number of nitrogens with two attached hydrogens (primary N) is 1. The number of carbonyl (C=O) groups is 2. The monoisotopic (exact) mass is 596 g/mol. The van der Waals surface area contributed by atoms with Gasteiger partial charge in [-0.3, -0.25) is 9.59 Å². The molecular weight excluding hydrogens is 578 g/mol. The zero-order valence-corrected chi connectivity index (χ0v) is 21.7. The summed E-state index contributed by atoms with van der Waals surface area (Å²) in [5.41, 5.74) is 2.61. The van der Waals surface area contributed by atoms with Crippen LogP contribution >= 0.6 is 11.6 Å². The summed E-state index contributed by atoms with van der Waals surface area (Å²) in [7, 11) is 0. The van der Waals surface area contributed by atoms with Gasteiger partial charge < -0.3 is 16.0 Å². The van der Waals surface area contributed by atoms with Gasteiger partial charge in [-0.2, -0.15) is 18.3 Å². The average molecular weight is 597 g/mol. The number of aryl methyl sites for hydroxylation is 1. The molecule has 1 aliphatic heterocycles. The Morgan fingerprint density at radius 3 is 2.54 bits per heavy atom. The van der Waals surface area contributed by atoms with Crippen molar-refractivity contribution >= 4 is 34.7 Å². The number of fused-ring (bicyclic) bond motifs is 1. The second-order valence-electron chi connectivity index (χ2n) is 9.40. The number of alkyl halides is 4. The van der Waals surface area contributed by atoms with Crippen molar-refractivity contribution in [3.63, 3.8) is 0 Å². The number of hydrogen-bond acceptors (Lipinski definition) is 5. The number of likely N-dealkylation sites (tertiary alicyclic amines) is 1. The summed E-state index contributed by atoms with van der Waals surface area (Å²) in [4.78, 5) is 30.6. The second-order valence-corrected chi connectivity index (χ2v) is 9.80. The maximum Gasteiger partial charge on any atom is 0.418 e. The topological polar surface area (TPSA) is 106 Å². The van der Waals surface area contributed by atoms with E-state index < -0.39 is 76.4 Å². The summed E-state index contributed by atoms with van der Waals surface area (Å²) >= 11 is 5.95. The molecule has 41 heavy (non-hydrogen) atoms. The van der Waals surface area contributed by atoms with E-state index in [0.717, 1.165) is 33.9 Å². The van der Waals surface area contributed by atoms with E-state index in [2.05, 4.69) is 15.4 Å².